The van der Waals surface area contributed by atoms with Gasteiger partial charge in [-0.25, -0.2) is 8.42 Å². The van der Waals surface area contributed by atoms with Gasteiger partial charge in [-0.1, -0.05) is 32.0 Å². The molecule has 0 aliphatic heterocycles. The van der Waals surface area contributed by atoms with Gasteiger partial charge in [-0.3, -0.25) is 9.10 Å². The molecule has 0 spiro atoms. The molecular formula is C20H26N2O4S. The van der Waals surface area contributed by atoms with Crippen molar-refractivity contribution in [2.75, 3.05) is 29.0 Å². The van der Waals surface area contributed by atoms with Gasteiger partial charge in [-0.15, -0.1) is 0 Å². The first-order valence-corrected chi connectivity index (χ1v) is 10.7. The number of anilines is 2. The highest BCUT2D eigenvalue weighted by atomic mass is 32.2. The summed E-state index contributed by atoms with van der Waals surface area (Å²) < 4.78 is 30.9. The highest BCUT2D eigenvalue weighted by molar-refractivity contribution is 7.92. The molecule has 0 atom stereocenters. The van der Waals surface area contributed by atoms with Crippen LogP contribution in [0, 0.1) is 0 Å². The third-order valence-electron chi connectivity index (χ3n) is 3.97. The van der Waals surface area contributed by atoms with E-state index in [1.54, 1.807) is 24.3 Å². The van der Waals surface area contributed by atoms with Gasteiger partial charge in [0.1, 0.15) is 12.3 Å². The molecule has 0 saturated heterocycles. The lowest BCUT2D eigenvalue weighted by atomic mass is 10.0. The molecule has 0 radical (unpaired) electrons. The van der Waals surface area contributed by atoms with Crippen LogP contribution in [0.4, 0.5) is 11.4 Å². The van der Waals surface area contributed by atoms with Crippen LogP contribution < -0.4 is 14.4 Å². The SMILES string of the molecule is CCOc1cccc(N(CC(=O)Nc2ccc(C(C)C)cc2)S(C)(=O)=O)c1. The number of carbonyl (C=O) groups excluding carboxylic acids is 1. The minimum atomic E-state index is -3.64. The van der Waals surface area contributed by atoms with Crippen molar-refractivity contribution in [3.05, 3.63) is 54.1 Å². The first-order chi connectivity index (χ1) is 12.7. The zero-order chi connectivity index (χ0) is 20.0. The minimum Gasteiger partial charge on any atom is -0.494 e. The summed E-state index contributed by atoms with van der Waals surface area (Å²) in [7, 11) is -3.64. The molecule has 0 heterocycles. The Morgan fingerprint density at radius 2 is 1.81 bits per heavy atom. The summed E-state index contributed by atoms with van der Waals surface area (Å²) in [5, 5.41) is 2.74. The number of ether oxygens (including phenoxy) is 1. The van der Waals surface area contributed by atoms with Gasteiger partial charge in [-0.2, -0.15) is 0 Å². The smallest absolute Gasteiger partial charge is 0.245 e. The Hall–Kier alpha value is -2.54. The lowest BCUT2D eigenvalue weighted by Crippen LogP contribution is -2.37. The minimum absolute atomic E-state index is 0.319. The Labute approximate surface area is 161 Å². The molecule has 2 aromatic rings. The molecule has 1 N–H and O–H groups in total. The van der Waals surface area contributed by atoms with Crippen LogP contribution in [0.25, 0.3) is 0 Å². The number of amides is 1. The Kier molecular flexibility index (Phi) is 6.85. The Bertz CT molecular complexity index is 877. The van der Waals surface area contributed by atoms with Crippen LogP contribution in [0.2, 0.25) is 0 Å². The summed E-state index contributed by atoms with van der Waals surface area (Å²) in [4.78, 5) is 12.4. The van der Waals surface area contributed by atoms with E-state index in [0.29, 0.717) is 29.6 Å². The third kappa shape index (κ3) is 5.99. The predicted molar refractivity (Wildman–Crippen MR) is 109 cm³/mol. The summed E-state index contributed by atoms with van der Waals surface area (Å²) >= 11 is 0. The van der Waals surface area contributed by atoms with Crippen LogP contribution in [0.3, 0.4) is 0 Å². The van der Waals surface area contributed by atoms with Gasteiger partial charge in [-0.05, 0) is 42.7 Å². The Morgan fingerprint density at radius 3 is 2.37 bits per heavy atom. The largest absolute Gasteiger partial charge is 0.494 e. The van der Waals surface area contributed by atoms with Crippen LogP contribution in [-0.2, 0) is 14.8 Å². The first kappa shape index (κ1) is 20.8. The summed E-state index contributed by atoms with van der Waals surface area (Å²) in [5.41, 5.74) is 2.17. The van der Waals surface area contributed by atoms with Crippen molar-refractivity contribution in [1.29, 1.82) is 0 Å². The molecule has 6 nitrogen and oxygen atoms in total. The second-order valence-corrected chi connectivity index (χ2v) is 8.43. The van der Waals surface area contributed by atoms with E-state index in [1.165, 1.54) is 5.56 Å². The molecule has 0 saturated carbocycles. The van der Waals surface area contributed by atoms with Gasteiger partial charge in [0, 0.05) is 11.8 Å². The van der Waals surface area contributed by atoms with Crippen LogP contribution in [-0.4, -0.2) is 33.7 Å². The monoisotopic (exact) mass is 390 g/mol. The van der Waals surface area contributed by atoms with Gasteiger partial charge in [0.05, 0.1) is 18.6 Å². The summed E-state index contributed by atoms with van der Waals surface area (Å²) in [5.74, 6) is 0.529. The van der Waals surface area contributed by atoms with E-state index in [2.05, 4.69) is 19.2 Å². The fourth-order valence-electron chi connectivity index (χ4n) is 2.58. The lowest BCUT2D eigenvalue weighted by molar-refractivity contribution is -0.114. The standard InChI is InChI=1S/C20H26N2O4S/c1-5-26-19-8-6-7-18(13-19)22(27(4,24)25)14-20(23)21-17-11-9-16(10-12-17)15(2)3/h6-13,15H,5,14H2,1-4H3,(H,21,23). The van der Waals surface area contributed by atoms with Crippen LogP contribution in [0.5, 0.6) is 5.75 Å². The van der Waals surface area contributed by atoms with Crippen molar-refractivity contribution in [3.63, 3.8) is 0 Å². The molecule has 0 fully saturated rings. The zero-order valence-corrected chi connectivity index (χ0v) is 16.9. The Balaban J connectivity index is 2.16. The molecule has 7 heteroatoms. The van der Waals surface area contributed by atoms with E-state index in [9.17, 15) is 13.2 Å². The lowest BCUT2D eigenvalue weighted by Gasteiger charge is -2.22. The van der Waals surface area contributed by atoms with E-state index < -0.39 is 15.9 Å². The maximum absolute atomic E-state index is 12.4. The number of carbonyl (C=O) groups is 1. The van der Waals surface area contributed by atoms with Crippen molar-refractivity contribution in [2.24, 2.45) is 0 Å². The average molecular weight is 391 g/mol. The number of sulfonamides is 1. The quantitative estimate of drug-likeness (QED) is 0.747. The summed E-state index contributed by atoms with van der Waals surface area (Å²) in [6.45, 7) is 6.18. The van der Waals surface area contributed by atoms with Crippen molar-refractivity contribution < 1.29 is 17.9 Å². The van der Waals surface area contributed by atoms with E-state index in [1.807, 2.05) is 31.2 Å². The molecule has 0 aliphatic rings. The number of rotatable bonds is 8. The molecule has 0 aliphatic carbocycles. The Morgan fingerprint density at radius 1 is 1.15 bits per heavy atom. The molecule has 146 valence electrons. The molecule has 1 amide bonds. The van der Waals surface area contributed by atoms with E-state index in [-0.39, 0.29) is 6.54 Å². The fourth-order valence-corrected chi connectivity index (χ4v) is 3.43. The summed E-state index contributed by atoms with van der Waals surface area (Å²) in [6, 6.07) is 14.2. The van der Waals surface area contributed by atoms with Crippen LogP contribution >= 0.6 is 0 Å². The maximum atomic E-state index is 12.4. The molecule has 0 unspecified atom stereocenters. The van der Waals surface area contributed by atoms with Gasteiger partial charge < -0.3 is 10.1 Å². The zero-order valence-electron chi connectivity index (χ0n) is 16.1. The van der Waals surface area contributed by atoms with Crippen LogP contribution in [0.15, 0.2) is 48.5 Å². The molecule has 0 aromatic heterocycles. The maximum Gasteiger partial charge on any atom is 0.245 e. The number of benzene rings is 2. The molecule has 27 heavy (non-hydrogen) atoms. The number of hydrogen-bond acceptors (Lipinski definition) is 4. The van der Waals surface area contributed by atoms with E-state index >= 15 is 0 Å². The highest BCUT2D eigenvalue weighted by Crippen LogP contribution is 2.23. The molecular weight excluding hydrogens is 364 g/mol. The van der Waals surface area contributed by atoms with Gasteiger partial charge >= 0.3 is 0 Å². The van der Waals surface area contributed by atoms with Crippen molar-refractivity contribution in [1.82, 2.24) is 0 Å². The van der Waals surface area contributed by atoms with Crippen molar-refractivity contribution in [2.45, 2.75) is 26.7 Å². The fraction of sp³-hybridized carbons (Fsp3) is 0.350. The van der Waals surface area contributed by atoms with Gasteiger partial charge in [0.2, 0.25) is 15.9 Å². The van der Waals surface area contributed by atoms with E-state index in [4.69, 9.17) is 4.74 Å². The van der Waals surface area contributed by atoms with Gasteiger partial charge in [0.25, 0.3) is 0 Å². The third-order valence-corrected chi connectivity index (χ3v) is 5.11. The van der Waals surface area contributed by atoms with Gasteiger partial charge in [0.15, 0.2) is 0 Å². The van der Waals surface area contributed by atoms with Crippen molar-refractivity contribution in [3.8, 4) is 5.75 Å². The second kappa shape index (κ2) is 8.90. The molecule has 2 rings (SSSR count). The predicted octanol–water partition coefficient (Wildman–Crippen LogP) is 3.61. The topological polar surface area (TPSA) is 75.7 Å². The second-order valence-electron chi connectivity index (χ2n) is 6.52. The normalized spacial score (nSPS) is 11.3. The number of hydrogen-bond donors (Lipinski definition) is 1. The first-order valence-electron chi connectivity index (χ1n) is 8.81. The molecule has 2 aromatic carbocycles. The van der Waals surface area contributed by atoms with Crippen molar-refractivity contribution >= 4 is 27.3 Å². The molecule has 0 bridgehead atoms. The van der Waals surface area contributed by atoms with E-state index in [0.717, 1.165) is 10.6 Å². The highest BCUT2D eigenvalue weighted by Gasteiger charge is 2.21. The number of nitrogens with one attached hydrogen (secondary N) is 1. The summed E-state index contributed by atoms with van der Waals surface area (Å²) in [6.07, 6.45) is 1.07. The van der Waals surface area contributed by atoms with Crippen LogP contribution in [0.1, 0.15) is 32.3 Å². The number of nitrogens with zero attached hydrogens (tertiary/aromatic N) is 1. The average Bonchev–Trinajstić information content (AvgIpc) is 2.60.